The van der Waals surface area contributed by atoms with E-state index in [1.165, 1.54) is 30.7 Å². The average Bonchev–Trinajstić information content (AvgIpc) is 3.53. The lowest BCUT2D eigenvalue weighted by Crippen LogP contribution is -2.58. The molecule has 0 saturated carbocycles. The van der Waals surface area contributed by atoms with Crippen LogP contribution in [-0.4, -0.2) is 96.1 Å². The minimum absolute atomic E-state index is 0.100. The van der Waals surface area contributed by atoms with Crippen molar-refractivity contribution in [2.45, 2.75) is 111 Å². The van der Waals surface area contributed by atoms with Crippen LogP contribution in [0.4, 0.5) is 0 Å². The van der Waals surface area contributed by atoms with Crippen LogP contribution in [0.5, 0.6) is 0 Å². The molecule has 5 amide bonds. The maximum Gasteiger partial charge on any atom is 0.252 e. The van der Waals surface area contributed by atoms with E-state index in [0.717, 1.165) is 5.69 Å². The van der Waals surface area contributed by atoms with Crippen molar-refractivity contribution in [1.29, 1.82) is 0 Å². The van der Waals surface area contributed by atoms with Gasteiger partial charge < -0.3 is 41.8 Å². The molecule has 2 heterocycles. The summed E-state index contributed by atoms with van der Waals surface area (Å²) in [6.07, 6.45) is 6.04. The fourth-order valence-corrected chi connectivity index (χ4v) is 5.86. The van der Waals surface area contributed by atoms with Crippen molar-refractivity contribution >= 4 is 40.9 Å². The minimum atomic E-state index is -0.931. The number of carbonyl (C=O) groups excluding carboxylic acids is 5. The Morgan fingerprint density at radius 1 is 0.960 bits per heavy atom. The molecule has 0 saturated heterocycles. The van der Waals surface area contributed by atoms with Crippen LogP contribution < -0.4 is 31.9 Å². The van der Waals surface area contributed by atoms with E-state index in [1.807, 2.05) is 53.8 Å². The van der Waals surface area contributed by atoms with E-state index in [9.17, 15) is 29.2 Å². The standard InChI is InChI=1S/C35H58N8O6S/c1-10-12-27(40-33(47)28(18-35(6,7)8)41-31(45)24-13-15-43(9,49)16-14-24)32(46)39-25(17-26-20-50-21-38-26)19-37-23(5)30(44)42-29(22(3)4)34(48)36-11-2/h13-15,20-23,25,27-29,37H,10-12,16-19H2,1-9H3,(H,36,48)(H,39,46)(H,40,47)(H,41,45)(H,42,44)/t23-,25-,27-,28-,29-,43?/m0/s1. The van der Waals surface area contributed by atoms with Crippen LogP contribution in [0.1, 0.15) is 80.3 Å². The number of quaternary nitrogens is 1. The molecule has 14 nitrogen and oxygen atoms in total. The highest BCUT2D eigenvalue weighted by Crippen LogP contribution is 2.22. The zero-order valence-electron chi connectivity index (χ0n) is 31.1. The second kappa shape index (κ2) is 19.7. The predicted molar refractivity (Wildman–Crippen MR) is 195 cm³/mol. The van der Waals surface area contributed by atoms with Crippen LogP contribution in [0.2, 0.25) is 0 Å². The molecule has 1 aliphatic heterocycles. The van der Waals surface area contributed by atoms with Crippen molar-refractivity contribution in [3.05, 3.63) is 45.7 Å². The number of hydroxylamine groups is 3. The molecule has 0 aliphatic carbocycles. The summed E-state index contributed by atoms with van der Waals surface area (Å²) in [6, 6.07) is -3.67. The number of aromatic nitrogens is 1. The first-order valence-electron chi connectivity index (χ1n) is 17.4. The van der Waals surface area contributed by atoms with E-state index >= 15 is 0 Å². The Morgan fingerprint density at radius 3 is 2.18 bits per heavy atom. The molecule has 1 aliphatic rings. The lowest BCUT2D eigenvalue weighted by atomic mass is 9.87. The van der Waals surface area contributed by atoms with Gasteiger partial charge in [-0.25, -0.2) is 4.98 Å². The normalized spacial score (nSPS) is 19.0. The summed E-state index contributed by atoms with van der Waals surface area (Å²) in [5, 5.41) is 31.5. The minimum Gasteiger partial charge on any atom is -0.628 e. The number of thiazole rings is 1. The van der Waals surface area contributed by atoms with Crippen molar-refractivity contribution < 1.29 is 28.6 Å². The Bertz CT molecular complexity index is 1360. The number of likely N-dealkylation sites (N-methyl/N-ethyl adjacent to an activating group) is 2. The first kappa shape index (κ1) is 42.5. The first-order chi connectivity index (χ1) is 23.4. The molecule has 2 rings (SSSR count). The SMILES string of the molecule is CCC[C@H](NC(=O)[C@H](CC(C)(C)C)NC(=O)C1=CC[N+](C)([O-])C=C1)C(=O)N[C@H](CN[C@@H](C)C(=O)N[C@H](C(=O)NCC)C(C)C)Cc1cscn1. The average molecular weight is 719 g/mol. The number of rotatable bonds is 19. The maximum atomic E-state index is 13.7. The number of nitrogens with one attached hydrogen (secondary N) is 6. The molecule has 0 bridgehead atoms. The molecule has 0 fully saturated rings. The van der Waals surface area contributed by atoms with Gasteiger partial charge in [0.1, 0.15) is 24.7 Å². The highest BCUT2D eigenvalue weighted by Gasteiger charge is 2.32. The summed E-state index contributed by atoms with van der Waals surface area (Å²) >= 11 is 1.43. The predicted octanol–water partition coefficient (Wildman–Crippen LogP) is 2.03. The number of nitrogens with zero attached hydrogens (tertiary/aromatic N) is 2. The largest absolute Gasteiger partial charge is 0.628 e. The van der Waals surface area contributed by atoms with Crippen LogP contribution in [0.3, 0.4) is 0 Å². The van der Waals surface area contributed by atoms with Crippen molar-refractivity contribution in [2.75, 3.05) is 26.7 Å². The Kier molecular flexibility index (Phi) is 16.7. The molecule has 1 aromatic rings. The fraction of sp³-hybridized carbons (Fsp3) is 0.657. The lowest BCUT2D eigenvalue weighted by molar-refractivity contribution is -0.801. The van der Waals surface area contributed by atoms with Gasteiger partial charge in [-0.1, -0.05) is 48.0 Å². The Hall–Kier alpha value is -3.66. The number of carbonyl (C=O) groups is 5. The molecule has 0 spiro atoms. The van der Waals surface area contributed by atoms with Gasteiger partial charge in [-0.15, -0.1) is 11.3 Å². The van der Waals surface area contributed by atoms with Gasteiger partial charge in [-0.2, -0.15) is 0 Å². The second-order valence-corrected chi connectivity index (χ2v) is 15.3. The summed E-state index contributed by atoms with van der Waals surface area (Å²) in [4.78, 5) is 70.5. The van der Waals surface area contributed by atoms with Gasteiger partial charge in [0, 0.05) is 42.6 Å². The molecule has 15 heteroatoms. The third kappa shape index (κ3) is 14.7. The van der Waals surface area contributed by atoms with E-state index in [1.54, 1.807) is 18.5 Å². The molecule has 280 valence electrons. The summed E-state index contributed by atoms with van der Waals surface area (Å²) in [5.41, 5.74) is 2.44. The van der Waals surface area contributed by atoms with E-state index in [-0.39, 0.29) is 36.2 Å². The van der Waals surface area contributed by atoms with Crippen LogP contribution in [0.25, 0.3) is 0 Å². The third-order valence-electron chi connectivity index (χ3n) is 8.10. The number of hydrogen-bond donors (Lipinski definition) is 6. The topological polar surface area (TPSA) is 193 Å². The van der Waals surface area contributed by atoms with Gasteiger partial charge in [0.25, 0.3) is 5.91 Å². The molecule has 1 unspecified atom stereocenters. The first-order valence-corrected chi connectivity index (χ1v) is 18.4. The van der Waals surface area contributed by atoms with Crippen LogP contribution in [0.15, 0.2) is 34.8 Å². The lowest BCUT2D eigenvalue weighted by Gasteiger charge is -2.35. The van der Waals surface area contributed by atoms with E-state index < -0.39 is 52.6 Å². The molecular formula is C35H58N8O6S. The zero-order valence-corrected chi connectivity index (χ0v) is 31.9. The molecule has 6 atom stereocenters. The van der Waals surface area contributed by atoms with Crippen molar-refractivity contribution in [3.8, 4) is 0 Å². The van der Waals surface area contributed by atoms with Gasteiger partial charge >= 0.3 is 0 Å². The molecule has 6 N–H and O–H groups in total. The maximum absolute atomic E-state index is 13.7. The summed E-state index contributed by atoms with van der Waals surface area (Å²) in [5.74, 6) is -2.08. The molecule has 0 radical (unpaired) electrons. The van der Waals surface area contributed by atoms with Gasteiger partial charge in [-0.05, 0) is 44.1 Å². The van der Waals surface area contributed by atoms with Crippen LogP contribution in [0, 0.1) is 16.5 Å². The van der Waals surface area contributed by atoms with Gasteiger partial charge in [0.2, 0.25) is 23.6 Å². The highest BCUT2D eigenvalue weighted by molar-refractivity contribution is 7.07. The number of amides is 5. The zero-order chi connectivity index (χ0) is 37.6. The quantitative estimate of drug-likeness (QED) is 0.0924. The summed E-state index contributed by atoms with van der Waals surface area (Å²) < 4.78 is -0.627. The van der Waals surface area contributed by atoms with Crippen molar-refractivity contribution in [2.24, 2.45) is 11.3 Å². The van der Waals surface area contributed by atoms with Crippen LogP contribution in [-0.2, 0) is 30.4 Å². The smallest absolute Gasteiger partial charge is 0.252 e. The van der Waals surface area contributed by atoms with Crippen LogP contribution >= 0.6 is 11.3 Å². The van der Waals surface area contributed by atoms with E-state index in [4.69, 9.17) is 0 Å². The van der Waals surface area contributed by atoms with Crippen molar-refractivity contribution in [1.82, 2.24) is 36.9 Å². The highest BCUT2D eigenvalue weighted by atomic mass is 32.1. The monoisotopic (exact) mass is 718 g/mol. The van der Waals surface area contributed by atoms with E-state index in [2.05, 4.69) is 36.9 Å². The molecule has 0 aromatic carbocycles. The third-order valence-corrected chi connectivity index (χ3v) is 8.74. The van der Waals surface area contributed by atoms with Crippen molar-refractivity contribution in [3.63, 3.8) is 0 Å². The van der Waals surface area contributed by atoms with Gasteiger partial charge in [0.05, 0.1) is 30.5 Å². The Morgan fingerprint density at radius 2 is 1.64 bits per heavy atom. The molecular weight excluding hydrogens is 661 g/mol. The van der Waals surface area contributed by atoms with Gasteiger partial charge in [0.15, 0.2) is 0 Å². The van der Waals surface area contributed by atoms with E-state index in [0.29, 0.717) is 37.8 Å². The Labute approximate surface area is 300 Å². The Balaban J connectivity index is 2.16. The second-order valence-electron chi connectivity index (χ2n) is 14.6. The summed E-state index contributed by atoms with van der Waals surface area (Å²) in [7, 11) is 1.48. The number of hydrogen-bond acceptors (Lipinski definition) is 9. The molecule has 1 aromatic heterocycles. The fourth-order valence-electron chi connectivity index (χ4n) is 5.28. The molecule has 50 heavy (non-hydrogen) atoms. The van der Waals surface area contributed by atoms with Gasteiger partial charge in [-0.3, -0.25) is 24.0 Å². The summed E-state index contributed by atoms with van der Waals surface area (Å²) in [6.45, 7) is 15.8.